The molecule has 0 aliphatic carbocycles. The molecule has 0 spiro atoms. The molecule has 0 saturated carbocycles. The molecule has 0 aliphatic rings. The zero-order valence-electron chi connectivity index (χ0n) is 7.99. The van der Waals surface area contributed by atoms with Crippen molar-refractivity contribution in [1.29, 1.82) is 0 Å². The third-order valence-electron chi connectivity index (χ3n) is 2.09. The Bertz CT molecular complexity index is 552. The van der Waals surface area contributed by atoms with E-state index in [0.29, 0.717) is 5.52 Å². The summed E-state index contributed by atoms with van der Waals surface area (Å²) in [5.41, 5.74) is 0.811. The minimum Gasteiger partial charge on any atom is -0.506 e. The Morgan fingerprint density at radius 3 is 2.80 bits per heavy atom. The number of halogens is 1. The Morgan fingerprint density at radius 1 is 1.40 bits per heavy atom. The van der Waals surface area contributed by atoms with Crippen LogP contribution in [-0.4, -0.2) is 15.9 Å². The molecule has 0 unspecified atom stereocenters. The number of Topliss-reactive ketones (excluding diaryl/α,β-unsaturated/α-hetero) is 1. The van der Waals surface area contributed by atoms with Crippen LogP contribution in [-0.2, 0) is 0 Å². The lowest BCUT2D eigenvalue weighted by Crippen LogP contribution is -1.97. The molecule has 3 nitrogen and oxygen atoms in total. The fourth-order valence-electron chi connectivity index (χ4n) is 1.40. The van der Waals surface area contributed by atoms with Gasteiger partial charge in [0.25, 0.3) is 0 Å². The van der Waals surface area contributed by atoms with Crippen LogP contribution in [0.15, 0.2) is 28.7 Å². The van der Waals surface area contributed by atoms with Gasteiger partial charge in [-0.05, 0) is 24.3 Å². The van der Waals surface area contributed by atoms with Crippen LogP contribution >= 0.6 is 15.9 Å². The molecule has 15 heavy (non-hydrogen) atoms. The first-order valence-corrected chi connectivity index (χ1v) is 5.17. The van der Waals surface area contributed by atoms with Crippen LogP contribution in [0, 0.1) is 0 Å². The average molecular weight is 266 g/mol. The normalized spacial score (nSPS) is 10.5. The lowest BCUT2D eigenvalue weighted by Gasteiger charge is -2.03. The molecule has 76 valence electrons. The number of hydrogen-bond acceptors (Lipinski definition) is 3. The third kappa shape index (κ3) is 1.85. The fourth-order valence-corrected chi connectivity index (χ4v) is 1.77. The largest absolute Gasteiger partial charge is 0.506 e. The Balaban J connectivity index is 2.76. The molecule has 1 heterocycles. The summed E-state index contributed by atoms with van der Waals surface area (Å²) in [6.07, 6.45) is 0. The number of hydrogen-bond donors (Lipinski definition) is 1. The molecule has 0 atom stereocenters. The van der Waals surface area contributed by atoms with Crippen LogP contribution in [0.5, 0.6) is 5.75 Å². The summed E-state index contributed by atoms with van der Waals surface area (Å²) in [6.45, 7) is 1.38. The van der Waals surface area contributed by atoms with Gasteiger partial charge in [0.15, 0.2) is 5.78 Å². The van der Waals surface area contributed by atoms with E-state index in [9.17, 15) is 9.90 Å². The Labute approximate surface area is 94.9 Å². The van der Waals surface area contributed by atoms with Gasteiger partial charge in [-0.15, -0.1) is 0 Å². The summed E-state index contributed by atoms with van der Waals surface area (Å²) in [4.78, 5) is 15.2. The van der Waals surface area contributed by atoms with Crippen molar-refractivity contribution in [2.75, 3.05) is 0 Å². The average Bonchev–Trinajstić information content (AvgIpc) is 2.15. The molecule has 1 N–H and O–H groups in total. The van der Waals surface area contributed by atoms with Crippen molar-refractivity contribution in [3.8, 4) is 5.75 Å². The number of pyridine rings is 1. The van der Waals surface area contributed by atoms with E-state index in [1.54, 1.807) is 12.1 Å². The van der Waals surface area contributed by atoms with Crippen LogP contribution in [0.2, 0.25) is 0 Å². The van der Waals surface area contributed by atoms with Crippen molar-refractivity contribution in [2.45, 2.75) is 6.92 Å². The quantitative estimate of drug-likeness (QED) is 0.807. The number of nitrogens with zero attached hydrogens (tertiary/aromatic N) is 1. The van der Waals surface area contributed by atoms with Crippen molar-refractivity contribution < 1.29 is 9.90 Å². The molecule has 0 aliphatic heterocycles. The highest BCUT2D eigenvalue weighted by Crippen LogP contribution is 2.24. The summed E-state index contributed by atoms with van der Waals surface area (Å²) in [5.74, 6) is -0.314. The monoisotopic (exact) mass is 265 g/mol. The van der Waals surface area contributed by atoms with Gasteiger partial charge in [0.1, 0.15) is 11.4 Å². The van der Waals surface area contributed by atoms with Crippen LogP contribution < -0.4 is 0 Å². The number of fused-ring (bicyclic) bond motifs is 1. The second kappa shape index (κ2) is 3.62. The Kier molecular flexibility index (Phi) is 2.44. The Hall–Kier alpha value is -1.42. The number of benzene rings is 1. The van der Waals surface area contributed by atoms with E-state index in [0.717, 1.165) is 9.86 Å². The van der Waals surface area contributed by atoms with E-state index in [1.165, 1.54) is 6.92 Å². The molecule has 1 aromatic carbocycles. The SMILES string of the molecule is CC(=O)c1nc2ccc(Br)cc2cc1O. The maximum absolute atomic E-state index is 11.1. The highest BCUT2D eigenvalue weighted by molar-refractivity contribution is 9.10. The molecule has 1 aromatic heterocycles. The number of carbonyl (C=O) groups excluding carboxylic acids is 1. The van der Waals surface area contributed by atoms with E-state index in [-0.39, 0.29) is 17.2 Å². The first-order valence-electron chi connectivity index (χ1n) is 4.38. The highest BCUT2D eigenvalue weighted by Gasteiger charge is 2.09. The van der Waals surface area contributed by atoms with E-state index >= 15 is 0 Å². The van der Waals surface area contributed by atoms with Crippen molar-refractivity contribution in [3.63, 3.8) is 0 Å². The van der Waals surface area contributed by atoms with Crippen LogP contribution in [0.3, 0.4) is 0 Å². The minimum atomic E-state index is -0.239. The topological polar surface area (TPSA) is 50.2 Å². The maximum atomic E-state index is 11.1. The van der Waals surface area contributed by atoms with Gasteiger partial charge in [-0.25, -0.2) is 4.98 Å². The second-order valence-corrected chi connectivity index (χ2v) is 4.16. The fraction of sp³-hybridized carbons (Fsp3) is 0.0909. The van der Waals surface area contributed by atoms with Gasteiger partial charge in [0.2, 0.25) is 0 Å². The lowest BCUT2D eigenvalue weighted by molar-refractivity contribution is 0.101. The lowest BCUT2D eigenvalue weighted by atomic mass is 10.1. The molecular weight excluding hydrogens is 258 g/mol. The number of rotatable bonds is 1. The molecule has 0 bridgehead atoms. The number of aromatic hydroxyl groups is 1. The van der Waals surface area contributed by atoms with Gasteiger partial charge < -0.3 is 5.11 Å². The number of carbonyl (C=O) groups is 1. The first-order chi connectivity index (χ1) is 7.08. The number of aromatic nitrogens is 1. The van der Waals surface area contributed by atoms with E-state index in [1.807, 2.05) is 12.1 Å². The van der Waals surface area contributed by atoms with Crippen molar-refractivity contribution >= 4 is 32.6 Å². The summed E-state index contributed by atoms with van der Waals surface area (Å²) in [6, 6.07) is 7.03. The zero-order valence-corrected chi connectivity index (χ0v) is 9.58. The van der Waals surface area contributed by atoms with Crippen LogP contribution in [0.4, 0.5) is 0 Å². The molecule has 4 heteroatoms. The minimum absolute atomic E-state index is 0.0758. The van der Waals surface area contributed by atoms with Gasteiger partial charge in [-0.1, -0.05) is 15.9 Å². The van der Waals surface area contributed by atoms with Gasteiger partial charge in [0, 0.05) is 16.8 Å². The molecule has 0 radical (unpaired) electrons. The van der Waals surface area contributed by atoms with Gasteiger partial charge in [0.05, 0.1) is 5.52 Å². The third-order valence-corrected chi connectivity index (χ3v) is 2.58. The smallest absolute Gasteiger partial charge is 0.181 e. The molecule has 2 rings (SSSR count). The first kappa shape index (κ1) is 10.1. The predicted octanol–water partition coefficient (Wildman–Crippen LogP) is 2.91. The van der Waals surface area contributed by atoms with Crippen molar-refractivity contribution in [2.24, 2.45) is 0 Å². The van der Waals surface area contributed by atoms with E-state index < -0.39 is 0 Å². The van der Waals surface area contributed by atoms with Crippen molar-refractivity contribution in [3.05, 3.63) is 34.4 Å². The van der Waals surface area contributed by atoms with Gasteiger partial charge in [-0.2, -0.15) is 0 Å². The zero-order chi connectivity index (χ0) is 11.0. The predicted molar refractivity (Wildman–Crippen MR) is 61.1 cm³/mol. The van der Waals surface area contributed by atoms with E-state index in [2.05, 4.69) is 20.9 Å². The van der Waals surface area contributed by atoms with Crippen LogP contribution in [0.1, 0.15) is 17.4 Å². The summed E-state index contributed by atoms with van der Waals surface area (Å²) >= 11 is 3.33. The Morgan fingerprint density at radius 2 is 2.13 bits per heavy atom. The molecule has 0 amide bonds. The highest BCUT2D eigenvalue weighted by atomic mass is 79.9. The molecule has 2 aromatic rings. The summed E-state index contributed by atoms with van der Waals surface area (Å²) in [5, 5.41) is 10.4. The maximum Gasteiger partial charge on any atom is 0.181 e. The van der Waals surface area contributed by atoms with Crippen LogP contribution in [0.25, 0.3) is 10.9 Å². The van der Waals surface area contributed by atoms with E-state index in [4.69, 9.17) is 0 Å². The molecule has 0 saturated heterocycles. The number of ketones is 1. The van der Waals surface area contributed by atoms with Crippen molar-refractivity contribution in [1.82, 2.24) is 4.98 Å². The standard InChI is InChI=1S/C11H8BrNO2/c1-6(14)11-10(15)5-7-4-8(12)2-3-9(7)13-11/h2-5,15H,1H3. The second-order valence-electron chi connectivity index (χ2n) is 3.25. The van der Waals surface area contributed by atoms with Gasteiger partial charge in [-0.3, -0.25) is 4.79 Å². The summed E-state index contributed by atoms with van der Waals surface area (Å²) < 4.78 is 0.909. The molecule has 0 fully saturated rings. The van der Waals surface area contributed by atoms with Gasteiger partial charge >= 0.3 is 0 Å². The molecular formula is C11H8BrNO2. The summed E-state index contributed by atoms with van der Waals surface area (Å²) in [7, 11) is 0.